The summed E-state index contributed by atoms with van der Waals surface area (Å²) in [6.45, 7) is 0. The SMILES string of the molecule is C(=Nc1ccccc1)=Nc1ccccc1.FCCl.FCCl. The summed E-state index contributed by atoms with van der Waals surface area (Å²) < 4.78 is 20.1. The van der Waals surface area contributed by atoms with Crippen molar-refractivity contribution in [3.05, 3.63) is 60.7 Å². The summed E-state index contributed by atoms with van der Waals surface area (Å²) in [6.07, 6.45) is -1.56. The number of halogens is 4. The first-order valence-corrected chi connectivity index (χ1v) is 6.85. The van der Waals surface area contributed by atoms with E-state index in [0.29, 0.717) is 0 Å². The second-order valence-corrected chi connectivity index (χ2v) is 3.60. The number of hydrogen-bond acceptors (Lipinski definition) is 2. The van der Waals surface area contributed by atoms with E-state index in [1.165, 1.54) is 0 Å². The average Bonchev–Trinajstić information content (AvgIpc) is 2.51. The number of para-hydroxylation sites is 2. The molecule has 0 radical (unpaired) electrons. The number of aliphatic imine (C=N–C) groups is 2. The molecule has 0 aliphatic carbocycles. The van der Waals surface area contributed by atoms with Gasteiger partial charge in [0.25, 0.3) is 0 Å². The molecule has 112 valence electrons. The van der Waals surface area contributed by atoms with E-state index in [9.17, 15) is 8.78 Å². The van der Waals surface area contributed by atoms with Crippen LogP contribution in [0.1, 0.15) is 0 Å². The van der Waals surface area contributed by atoms with Gasteiger partial charge in [0.15, 0.2) is 12.3 Å². The van der Waals surface area contributed by atoms with E-state index < -0.39 is 12.3 Å². The third-order valence-electron chi connectivity index (χ3n) is 1.87. The molecule has 21 heavy (non-hydrogen) atoms. The molecule has 0 saturated heterocycles. The van der Waals surface area contributed by atoms with Crippen molar-refractivity contribution in [1.82, 2.24) is 0 Å². The zero-order valence-corrected chi connectivity index (χ0v) is 12.6. The molecular weight excluding hydrogens is 317 g/mol. The Bertz CT molecular complexity index is 470. The van der Waals surface area contributed by atoms with Crippen LogP contribution in [0.15, 0.2) is 70.6 Å². The van der Waals surface area contributed by atoms with Crippen LogP contribution in [0, 0.1) is 0 Å². The maximum atomic E-state index is 10.1. The van der Waals surface area contributed by atoms with Crippen LogP contribution in [0.2, 0.25) is 0 Å². The molecule has 2 nitrogen and oxygen atoms in total. The van der Waals surface area contributed by atoms with E-state index >= 15 is 0 Å². The van der Waals surface area contributed by atoms with Crippen molar-refractivity contribution in [3.63, 3.8) is 0 Å². The van der Waals surface area contributed by atoms with Crippen LogP contribution >= 0.6 is 23.2 Å². The Morgan fingerprint density at radius 3 is 1.29 bits per heavy atom. The van der Waals surface area contributed by atoms with Crippen LogP contribution in [0.3, 0.4) is 0 Å². The van der Waals surface area contributed by atoms with Gasteiger partial charge in [-0.2, -0.15) is 9.98 Å². The van der Waals surface area contributed by atoms with Crippen LogP contribution in [-0.4, -0.2) is 18.3 Å². The number of rotatable bonds is 2. The summed E-state index contributed by atoms with van der Waals surface area (Å²) >= 11 is 8.66. The maximum Gasteiger partial charge on any atom is 0.163 e. The molecular formula is C15H14Cl2F2N2. The number of alkyl halides is 4. The number of hydrogen-bond donors (Lipinski definition) is 0. The smallest absolute Gasteiger partial charge is 0.163 e. The summed E-state index contributed by atoms with van der Waals surface area (Å²) in [6, 6.07) is 21.9. The Labute approximate surface area is 132 Å². The molecule has 0 N–H and O–H groups in total. The van der Waals surface area contributed by atoms with Crippen LogP contribution in [0.5, 0.6) is 0 Å². The molecule has 0 fully saturated rings. The van der Waals surface area contributed by atoms with Crippen molar-refractivity contribution >= 4 is 40.6 Å². The van der Waals surface area contributed by atoms with E-state index in [-0.39, 0.29) is 0 Å². The highest BCUT2D eigenvalue weighted by molar-refractivity contribution is 6.17. The zero-order chi connectivity index (χ0) is 15.8. The van der Waals surface area contributed by atoms with Crippen LogP contribution in [0.4, 0.5) is 20.2 Å². The van der Waals surface area contributed by atoms with Crippen molar-refractivity contribution in [2.75, 3.05) is 12.3 Å². The summed E-state index contributed by atoms with van der Waals surface area (Å²) in [5, 5.41) is 0. The van der Waals surface area contributed by atoms with Gasteiger partial charge in [0.1, 0.15) is 6.01 Å². The van der Waals surface area contributed by atoms with E-state index in [1.807, 2.05) is 60.7 Å². The normalized spacial score (nSPS) is 8.19. The Balaban J connectivity index is 0.000000578. The Morgan fingerprint density at radius 2 is 1.00 bits per heavy atom. The van der Waals surface area contributed by atoms with E-state index in [4.69, 9.17) is 0 Å². The lowest BCUT2D eigenvalue weighted by Gasteiger charge is -1.87. The fraction of sp³-hybridized carbons (Fsp3) is 0.133. The fourth-order valence-electron chi connectivity index (χ4n) is 1.15. The van der Waals surface area contributed by atoms with Gasteiger partial charge in [0, 0.05) is 0 Å². The summed E-state index contributed by atoms with van der Waals surface area (Å²) in [5.41, 5.74) is 1.72. The topological polar surface area (TPSA) is 24.7 Å². The van der Waals surface area contributed by atoms with Gasteiger partial charge < -0.3 is 0 Å². The highest BCUT2D eigenvalue weighted by atomic mass is 35.5. The lowest BCUT2D eigenvalue weighted by atomic mass is 10.3. The second kappa shape index (κ2) is 14.7. The molecule has 0 aliphatic heterocycles. The van der Waals surface area contributed by atoms with Gasteiger partial charge in [-0.1, -0.05) is 59.6 Å². The second-order valence-electron chi connectivity index (χ2n) is 3.20. The molecule has 0 spiro atoms. The predicted octanol–water partition coefficient (Wildman–Crippen LogP) is 6.13. The van der Waals surface area contributed by atoms with Crippen molar-refractivity contribution in [2.24, 2.45) is 9.98 Å². The van der Waals surface area contributed by atoms with Crippen molar-refractivity contribution in [1.29, 1.82) is 0 Å². The zero-order valence-electron chi connectivity index (χ0n) is 11.1. The molecule has 0 aliphatic rings. The molecule has 0 amide bonds. The minimum atomic E-state index is -0.778. The Kier molecular flexibility index (Phi) is 13.4. The van der Waals surface area contributed by atoms with Gasteiger partial charge >= 0.3 is 0 Å². The monoisotopic (exact) mass is 330 g/mol. The van der Waals surface area contributed by atoms with Crippen molar-refractivity contribution in [2.45, 2.75) is 0 Å². The first-order valence-electron chi connectivity index (χ1n) is 5.78. The molecule has 0 bridgehead atoms. The standard InChI is InChI=1S/C13H10N2.2CH2ClF/c1-3-7-12(8-4-1)14-11-15-13-9-5-2-6-10-13;2*2-1-3/h1-10H;2*1H2. The molecule has 0 aromatic heterocycles. The van der Waals surface area contributed by atoms with Gasteiger partial charge in [-0.05, 0) is 24.3 Å². The molecule has 0 unspecified atom stereocenters. The van der Waals surface area contributed by atoms with Crippen LogP contribution < -0.4 is 0 Å². The summed E-state index contributed by atoms with van der Waals surface area (Å²) in [5.74, 6) is 0. The number of nitrogens with zero attached hydrogens (tertiary/aromatic N) is 2. The number of benzene rings is 2. The molecule has 0 saturated carbocycles. The van der Waals surface area contributed by atoms with E-state index in [2.05, 4.69) is 39.2 Å². The third-order valence-corrected chi connectivity index (χ3v) is 1.87. The highest BCUT2D eigenvalue weighted by Gasteiger charge is 1.83. The van der Waals surface area contributed by atoms with Crippen molar-refractivity contribution in [3.8, 4) is 0 Å². The average molecular weight is 331 g/mol. The maximum absolute atomic E-state index is 10.1. The first kappa shape index (κ1) is 19.3. The van der Waals surface area contributed by atoms with Crippen molar-refractivity contribution < 1.29 is 8.78 Å². The first-order chi connectivity index (χ1) is 10.3. The molecule has 0 heterocycles. The minimum Gasteiger partial charge on any atom is -0.234 e. The van der Waals surface area contributed by atoms with E-state index in [1.54, 1.807) is 0 Å². The van der Waals surface area contributed by atoms with Crippen LogP contribution in [0.25, 0.3) is 0 Å². The lowest BCUT2D eigenvalue weighted by molar-refractivity contribution is 0.599. The molecule has 2 aromatic rings. The highest BCUT2D eigenvalue weighted by Crippen LogP contribution is 2.10. The third kappa shape index (κ3) is 11.8. The molecule has 0 atom stereocenters. The quantitative estimate of drug-likeness (QED) is 0.467. The van der Waals surface area contributed by atoms with Gasteiger partial charge in [-0.25, -0.2) is 8.78 Å². The molecule has 2 aromatic carbocycles. The summed E-state index contributed by atoms with van der Waals surface area (Å²) in [4.78, 5) is 8.17. The fourth-order valence-corrected chi connectivity index (χ4v) is 1.15. The van der Waals surface area contributed by atoms with Gasteiger partial charge in [0.2, 0.25) is 0 Å². The lowest BCUT2D eigenvalue weighted by Crippen LogP contribution is -1.63. The molecule has 6 heteroatoms. The van der Waals surface area contributed by atoms with Gasteiger partial charge in [0.05, 0.1) is 11.4 Å². The van der Waals surface area contributed by atoms with Gasteiger partial charge in [-0.3, -0.25) is 0 Å². The summed E-state index contributed by atoms with van der Waals surface area (Å²) in [7, 11) is 0. The minimum absolute atomic E-state index is 0.778. The van der Waals surface area contributed by atoms with Gasteiger partial charge in [-0.15, -0.1) is 0 Å². The Hall–Kier alpha value is -1.74. The molecule has 2 rings (SSSR count). The largest absolute Gasteiger partial charge is 0.234 e. The Morgan fingerprint density at radius 1 is 0.714 bits per heavy atom. The van der Waals surface area contributed by atoms with Crippen LogP contribution in [-0.2, 0) is 0 Å². The predicted molar refractivity (Wildman–Crippen MR) is 85.7 cm³/mol. The van der Waals surface area contributed by atoms with E-state index in [0.717, 1.165) is 11.4 Å².